The van der Waals surface area contributed by atoms with E-state index in [1.54, 1.807) is 31.2 Å². The SMILES string of the molecule is C[C@H](NC(=O)COC(=O)/C=C/c1c(F)cccc1Cl)c1ccc(Cl)cc1. The fraction of sp³-hybridized carbons (Fsp3) is 0.158. The Balaban J connectivity index is 1.84. The van der Waals surface area contributed by atoms with Gasteiger partial charge in [-0.05, 0) is 42.8 Å². The Morgan fingerprint density at radius 3 is 2.54 bits per heavy atom. The van der Waals surface area contributed by atoms with E-state index in [4.69, 9.17) is 27.9 Å². The van der Waals surface area contributed by atoms with E-state index in [0.29, 0.717) is 5.02 Å². The summed E-state index contributed by atoms with van der Waals surface area (Å²) >= 11 is 11.7. The van der Waals surface area contributed by atoms with Gasteiger partial charge in [0.1, 0.15) is 5.82 Å². The topological polar surface area (TPSA) is 55.4 Å². The number of hydrogen-bond donors (Lipinski definition) is 1. The van der Waals surface area contributed by atoms with Gasteiger partial charge < -0.3 is 10.1 Å². The lowest BCUT2D eigenvalue weighted by atomic mass is 10.1. The first-order valence-electron chi connectivity index (χ1n) is 7.70. The van der Waals surface area contributed by atoms with Gasteiger partial charge in [-0.1, -0.05) is 41.4 Å². The van der Waals surface area contributed by atoms with Crippen molar-refractivity contribution in [2.24, 2.45) is 0 Å². The summed E-state index contributed by atoms with van der Waals surface area (Å²) in [6.07, 6.45) is 2.22. The Hall–Kier alpha value is -2.37. The van der Waals surface area contributed by atoms with Crippen molar-refractivity contribution in [2.45, 2.75) is 13.0 Å². The normalized spacial score (nSPS) is 12.0. The summed E-state index contributed by atoms with van der Waals surface area (Å²) in [6, 6.07) is 10.9. The highest BCUT2D eigenvalue weighted by atomic mass is 35.5. The van der Waals surface area contributed by atoms with Gasteiger partial charge in [-0.2, -0.15) is 0 Å². The minimum absolute atomic E-state index is 0.0759. The molecule has 0 radical (unpaired) electrons. The molecule has 0 aromatic heterocycles. The van der Waals surface area contributed by atoms with Crippen molar-refractivity contribution in [1.82, 2.24) is 5.32 Å². The molecule has 0 aliphatic carbocycles. The maximum Gasteiger partial charge on any atom is 0.331 e. The number of benzene rings is 2. The summed E-state index contributed by atoms with van der Waals surface area (Å²) < 4.78 is 18.4. The number of esters is 1. The number of rotatable bonds is 6. The van der Waals surface area contributed by atoms with Crippen LogP contribution in [0.15, 0.2) is 48.5 Å². The van der Waals surface area contributed by atoms with Crippen molar-refractivity contribution in [3.05, 3.63) is 75.5 Å². The Kier molecular flexibility index (Phi) is 7.18. The predicted octanol–water partition coefficient (Wildman–Crippen LogP) is 4.57. The Morgan fingerprint density at radius 2 is 1.88 bits per heavy atom. The van der Waals surface area contributed by atoms with Gasteiger partial charge in [0.05, 0.1) is 11.1 Å². The molecule has 0 aliphatic heterocycles. The summed E-state index contributed by atoms with van der Waals surface area (Å²) in [5, 5.41) is 3.47. The van der Waals surface area contributed by atoms with E-state index in [0.717, 1.165) is 11.6 Å². The van der Waals surface area contributed by atoms with Gasteiger partial charge in [-0.3, -0.25) is 4.79 Å². The van der Waals surface area contributed by atoms with Gasteiger partial charge in [0.15, 0.2) is 6.61 Å². The lowest BCUT2D eigenvalue weighted by Gasteiger charge is -2.14. The largest absolute Gasteiger partial charge is 0.452 e. The highest BCUT2D eigenvalue weighted by molar-refractivity contribution is 6.32. The van der Waals surface area contributed by atoms with Crippen LogP contribution in [-0.4, -0.2) is 18.5 Å². The monoisotopic (exact) mass is 395 g/mol. The van der Waals surface area contributed by atoms with E-state index >= 15 is 0 Å². The van der Waals surface area contributed by atoms with E-state index < -0.39 is 24.3 Å². The fourth-order valence-corrected chi connectivity index (χ4v) is 2.48. The number of ether oxygens (including phenoxy) is 1. The van der Waals surface area contributed by atoms with Crippen LogP contribution in [-0.2, 0) is 14.3 Å². The van der Waals surface area contributed by atoms with Crippen LogP contribution < -0.4 is 5.32 Å². The van der Waals surface area contributed by atoms with Crippen molar-refractivity contribution in [3.63, 3.8) is 0 Å². The molecule has 2 aromatic carbocycles. The lowest BCUT2D eigenvalue weighted by Crippen LogP contribution is -2.30. The molecule has 2 aromatic rings. The van der Waals surface area contributed by atoms with Gasteiger partial charge in [-0.15, -0.1) is 0 Å². The third kappa shape index (κ3) is 5.86. The molecular weight excluding hydrogens is 380 g/mol. The molecule has 0 heterocycles. The molecule has 26 heavy (non-hydrogen) atoms. The minimum Gasteiger partial charge on any atom is -0.452 e. The highest BCUT2D eigenvalue weighted by Crippen LogP contribution is 2.20. The van der Waals surface area contributed by atoms with Crippen molar-refractivity contribution < 1.29 is 18.7 Å². The summed E-state index contributed by atoms with van der Waals surface area (Å²) in [6.45, 7) is 1.34. The van der Waals surface area contributed by atoms with E-state index in [2.05, 4.69) is 5.32 Å². The molecule has 0 unspecified atom stereocenters. The summed E-state index contributed by atoms with van der Waals surface area (Å²) in [7, 11) is 0. The maximum absolute atomic E-state index is 13.6. The number of carbonyl (C=O) groups is 2. The van der Waals surface area contributed by atoms with Crippen LogP contribution in [0.3, 0.4) is 0 Å². The lowest BCUT2D eigenvalue weighted by molar-refractivity contribution is -0.144. The molecule has 2 rings (SSSR count). The first-order chi connectivity index (χ1) is 12.4. The molecule has 0 aliphatic rings. The molecule has 0 fully saturated rings. The second-order valence-corrected chi connectivity index (χ2v) is 6.26. The van der Waals surface area contributed by atoms with Gasteiger partial charge in [-0.25, -0.2) is 9.18 Å². The number of amides is 1. The van der Waals surface area contributed by atoms with Gasteiger partial charge >= 0.3 is 5.97 Å². The van der Waals surface area contributed by atoms with Gasteiger partial charge in [0.25, 0.3) is 5.91 Å². The van der Waals surface area contributed by atoms with Crippen molar-refractivity contribution in [3.8, 4) is 0 Å². The van der Waals surface area contributed by atoms with Crippen molar-refractivity contribution >= 4 is 41.2 Å². The Morgan fingerprint density at radius 1 is 1.19 bits per heavy atom. The van der Waals surface area contributed by atoms with Crippen LogP contribution in [0.1, 0.15) is 24.1 Å². The molecule has 1 atom stereocenters. The molecule has 136 valence electrons. The second-order valence-electron chi connectivity index (χ2n) is 5.42. The first kappa shape index (κ1) is 19.9. The minimum atomic E-state index is -0.779. The Labute approximate surface area is 160 Å². The van der Waals surface area contributed by atoms with Crippen molar-refractivity contribution in [2.75, 3.05) is 6.61 Å². The van der Waals surface area contributed by atoms with Crippen LogP contribution in [0.2, 0.25) is 10.0 Å². The average molecular weight is 396 g/mol. The molecule has 1 amide bonds. The predicted molar refractivity (Wildman–Crippen MR) is 99.4 cm³/mol. The van der Waals surface area contributed by atoms with Crippen LogP contribution in [0, 0.1) is 5.82 Å². The molecule has 0 spiro atoms. The molecule has 0 bridgehead atoms. The molecular formula is C19H16Cl2FNO3. The van der Waals surface area contributed by atoms with Crippen LogP contribution >= 0.6 is 23.2 Å². The third-order valence-electron chi connectivity index (χ3n) is 3.48. The quantitative estimate of drug-likeness (QED) is 0.575. The van der Waals surface area contributed by atoms with Crippen molar-refractivity contribution in [1.29, 1.82) is 0 Å². The standard InChI is InChI=1S/C19H16Cl2FNO3/c1-12(13-5-7-14(20)8-6-13)23-18(24)11-26-19(25)10-9-15-16(21)3-2-4-17(15)22/h2-10,12H,11H2,1H3,(H,23,24)/b10-9+/t12-/m0/s1. The molecule has 0 saturated carbocycles. The van der Waals surface area contributed by atoms with Gasteiger partial charge in [0.2, 0.25) is 0 Å². The van der Waals surface area contributed by atoms with E-state index in [-0.39, 0.29) is 16.6 Å². The van der Waals surface area contributed by atoms with Crippen LogP contribution in [0.4, 0.5) is 4.39 Å². The number of halogens is 3. The van der Waals surface area contributed by atoms with E-state index in [9.17, 15) is 14.0 Å². The van der Waals surface area contributed by atoms with E-state index in [1.165, 1.54) is 24.3 Å². The number of hydrogen-bond acceptors (Lipinski definition) is 3. The first-order valence-corrected chi connectivity index (χ1v) is 8.46. The molecule has 7 heteroatoms. The van der Waals surface area contributed by atoms with Gasteiger partial charge in [0, 0.05) is 16.7 Å². The smallest absolute Gasteiger partial charge is 0.331 e. The fourth-order valence-electron chi connectivity index (χ4n) is 2.12. The van der Waals surface area contributed by atoms with E-state index in [1.807, 2.05) is 0 Å². The zero-order valence-electron chi connectivity index (χ0n) is 13.8. The zero-order chi connectivity index (χ0) is 19.1. The number of carbonyl (C=O) groups excluding carboxylic acids is 2. The Bertz CT molecular complexity index is 802. The maximum atomic E-state index is 13.6. The second kappa shape index (κ2) is 9.36. The molecule has 1 N–H and O–H groups in total. The van der Waals surface area contributed by atoms with Crippen LogP contribution in [0.25, 0.3) is 6.08 Å². The zero-order valence-corrected chi connectivity index (χ0v) is 15.4. The summed E-state index contributed by atoms with van der Waals surface area (Å²) in [5.74, 6) is -1.80. The summed E-state index contributed by atoms with van der Waals surface area (Å²) in [5.41, 5.74) is 0.940. The molecule has 0 saturated heterocycles. The third-order valence-corrected chi connectivity index (χ3v) is 4.06. The molecule has 4 nitrogen and oxygen atoms in total. The van der Waals surface area contributed by atoms with Crippen LogP contribution in [0.5, 0.6) is 0 Å². The number of nitrogens with one attached hydrogen (secondary N) is 1. The average Bonchev–Trinajstić information content (AvgIpc) is 2.60. The highest BCUT2D eigenvalue weighted by Gasteiger charge is 2.11. The summed E-state index contributed by atoms with van der Waals surface area (Å²) in [4.78, 5) is 23.5.